The molecule has 1 aromatic heterocycles. The standard InChI is InChI=1S/C18H15N5O3S3/c24-15(19-12-6-2-1-3-7-12)10-11-27-18-22-21-17(28-18)20-16-13-8-4-5-9-14(13)29(25,26)23-16/h1-9H,10-11H2,(H,19,24)(H,20,21,23). The number of para-hydroxylation sites is 1. The summed E-state index contributed by atoms with van der Waals surface area (Å²) in [6, 6.07) is 15.9. The van der Waals surface area contributed by atoms with Gasteiger partial charge in [0.1, 0.15) is 4.90 Å². The van der Waals surface area contributed by atoms with Gasteiger partial charge in [-0.05, 0) is 24.3 Å². The summed E-state index contributed by atoms with van der Waals surface area (Å²) in [6.45, 7) is 0. The van der Waals surface area contributed by atoms with Gasteiger partial charge in [-0.25, -0.2) is 0 Å². The number of sulfonamides is 1. The van der Waals surface area contributed by atoms with Crippen LogP contribution in [0.2, 0.25) is 0 Å². The highest BCUT2D eigenvalue weighted by Crippen LogP contribution is 2.30. The van der Waals surface area contributed by atoms with Gasteiger partial charge in [-0.2, -0.15) is 8.42 Å². The fourth-order valence-corrected chi connectivity index (χ4v) is 5.53. The van der Waals surface area contributed by atoms with Crippen LogP contribution in [-0.2, 0) is 14.8 Å². The van der Waals surface area contributed by atoms with Crippen molar-refractivity contribution >= 4 is 55.7 Å². The molecule has 0 saturated carbocycles. The summed E-state index contributed by atoms with van der Waals surface area (Å²) >= 11 is 2.68. The summed E-state index contributed by atoms with van der Waals surface area (Å²) in [5.74, 6) is 0.704. The topological polar surface area (TPSA) is 113 Å². The van der Waals surface area contributed by atoms with Crippen molar-refractivity contribution in [2.75, 3.05) is 16.4 Å². The summed E-state index contributed by atoms with van der Waals surface area (Å²) in [5.41, 5.74) is 1.27. The number of aromatic nitrogens is 2. The molecule has 3 aromatic rings. The highest BCUT2D eigenvalue weighted by atomic mass is 32.2. The second kappa shape index (κ2) is 8.31. The minimum atomic E-state index is -3.69. The lowest BCUT2D eigenvalue weighted by molar-refractivity contribution is -0.115. The van der Waals surface area contributed by atoms with E-state index in [9.17, 15) is 13.2 Å². The number of thioether (sulfide) groups is 1. The Morgan fingerprint density at radius 2 is 1.79 bits per heavy atom. The van der Waals surface area contributed by atoms with Crippen molar-refractivity contribution in [3.05, 3.63) is 60.2 Å². The molecule has 0 aliphatic carbocycles. The molecule has 148 valence electrons. The lowest BCUT2D eigenvalue weighted by atomic mass is 10.2. The number of anilines is 2. The van der Waals surface area contributed by atoms with E-state index in [1.165, 1.54) is 29.2 Å². The summed E-state index contributed by atoms with van der Waals surface area (Å²) in [4.78, 5) is 12.1. The smallest absolute Gasteiger partial charge is 0.285 e. The first kappa shape index (κ1) is 19.6. The zero-order chi connectivity index (χ0) is 20.3. The van der Waals surface area contributed by atoms with Crippen molar-refractivity contribution in [1.29, 1.82) is 0 Å². The number of benzene rings is 2. The molecule has 1 aliphatic heterocycles. The zero-order valence-electron chi connectivity index (χ0n) is 14.9. The van der Waals surface area contributed by atoms with Crippen molar-refractivity contribution in [3.8, 4) is 0 Å². The molecule has 2 heterocycles. The summed E-state index contributed by atoms with van der Waals surface area (Å²) in [6.07, 6.45) is 0.334. The third-order valence-corrected chi connectivity index (χ3v) is 7.18. The van der Waals surface area contributed by atoms with Crippen LogP contribution in [-0.4, -0.2) is 36.1 Å². The van der Waals surface area contributed by atoms with Gasteiger partial charge in [-0.1, -0.05) is 53.4 Å². The Hall–Kier alpha value is -2.76. The molecular weight excluding hydrogens is 430 g/mol. The van der Waals surface area contributed by atoms with Crippen molar-refractivity contribution in [2.45, 2.75) is 15.7 Å². The van der Waals surface area contributed by atoms with Gasteiger partial charge in [0.15, 0.2) is 10.2 Å². The highest BCUT2D eigenvalue weighted by molar-refractivity contribution is 8.01. The fourth-order valence-electron chi connectivity index (χ4n) is 2.59. The number of hydrogen-bond acceptors (Lipinski definition) is 8. The Balaban J connectivity index is 1.32. The van der Waals surface area contributed by atoms with Crippen LogP contribution in [0.5, 0.6) is 0 Å². The van der Waals surface area contributed by atoms with E-state index in [2.05, 4.69) is 25.2 Å². The third kappa shape index (κ3) is 4.63. The van der Waals surface area contributed by atoms with Gasteiger partial charge < -0.3 is 10.6 Å². The molecule has 0 unspecified atom stereocenters. The summed E-state index contributed by atoms with van der Waals surface area (Å²) in [5, 5.41) is 14.3. The largest absolute Gasteiger partial charge is 0.326 e. The van der Waals surface area contributed by atoms with Crippen molar-refractivity contribution in [1.82, 2.24) is 10.2 Å². The van der Waals surface area contributed by atoms with Gasteiger partial charge in [0.05, 0.1) is 0 Å². The van der Waals surface area contributed by atoms with Crippen LogP contribution in [0, 0.1) is 0 Å². The quantitative estimate of drug-likeness (QED) is 0.560. The van der Waals surface area contributed by atoms with E-state index in [4.69, 9.17) is 0 Å². The molecule has 8 nitrogen and oxygen atoms in total. The number of rotatable bonds is 6. The monoisotopic (exact) mass is 445 g/mol. The van der Waals surface area contributed by atoms with E-state index in [1.807, 2.05) is 30.3 Å². The molecule has 29 heavy (non-hydrogen) atoms. The van der Waals surface area contributed by atoms with Crippen LogP contribution < -0.4 is 10.6 Å². The first-order chi connectivity index (χ1) is 14.0. The minimum Gasteiger partial charge on any atom is -0.326 e. The molecule has 0 radical (unpaired) electrons. The highest BCUT2D eigenvalue weighted by Gasteiger charge is 2.28. The van der Waals surface area contributed by atoms with E-state index < -0.39 is 10.0 Å². The van der Waals surface area contributed by atoms with Crippen molar-refractivity contribution < 1.29 is 13.2 Å². The first-order valence-electron chi connectivity index (χ1n) is 8.54. The Bertz CT molecular complexity index is 1180. The molecule has 4 rings (SSSR count). The van der Waals surface area contributed by atoms with Crippen LogP contribution >= 0.6 is 23.1 Å². The lowest BCUT2D eigenvalue weighted by Crippen LogP contribution is -2.11. The predicted molar refractivity (Wildman–Crippen MR) is 114 cm³/mol. The predicted octanol–water partition coefficient (Wildman–Crippen LogP) is 3.22. The molecule has 2 aromatic carbocycles. The molecule has 0 saturated heterocycles. The first-order valence-corrected chi connectivity index (χ1v) is 11.8. The number of carbonyl (C=O) groups excluding carboxylic acids is 1. The van der Waals surface area contributed by atoms with Crippen LogP contribution in [0.15, 0.2) is 68.2 Å². The minimum absolute atomic E-state index is 0.0753. The SMILES string of the molecule is O=C(CCSc1nnc(NC2=NS(=O)(=O)c3ccccc32)s1)Nc1ccccc1. The van der Waals surface area contributed by atoms with Gasteiger partial charge in [-0.3, -0.25) is 4.79 Å². The van der Waals surface area contributed by atoms with Gasteiger partial charge in [0.25, 0.3) is 10.0 Å². The Morgan fingerprint density at radius 3 is 2.62 bits per heavy atom. The van der Waals surface area contributed by atoms with E-state index in [1.54, 1.807) is 18.2 Å². The Labute approximate surface area is 175 Å². The lowest BCUT2D eigenvalue weighted by Gasteiger charge is -2.03. The van der Waals surface area contributed by atoms with Crippen molar-refractivity contribution in [3.63, 3.8) is 0 Å². The van der Waals surface area contributed by atoms with Crippen molar-refractivity contribution in [2.24, 2.45) is 4.40 Å². The van der Waals surface area contributed by atoms with Gasteiger partial charge in [-0.15, -0.1) is 14.6 Å². The molecule has 1 aliphatic rings. The second-order valence-electron chi connectivity index (χ2n) is 5.92. The normalized spacial score (nSPS) is 14.1. The number of amides is 1. The second-order valence-corrected chi connectivity index (χ2v) is 9.81. The average molecular weight is 446 g/mol. The maximum absolute atomic E-state index is 12.1. The van der Waals surface area contributed by atoms with Gasteiger partial charge in [0, 0.05) is 23.4 Å². The van der Waals surface area contributed by atoms with E-state index in [0.717, 1.165) is 5.69 Å². The maximum atomic E-state index is 12.1. The number of carbonyl (C=O) groups is 1. The fraction of sp³-hybridized carbons (Fsp3) is 0.111. The molecule has 2 N–H and O–H groups in total. The molecule has 11 heteroatoms. The number of hydrogen-bond donors (Lipinski definition) is 2. The van der Waals surface area contributed by atoms with Crippen LogP contribution in [0.4, 0.5) is 10.8 Å². The van der Waals surface area contributed by atoms with E-state index in [-0.39, 0.29) is 16.6 Å². The number of fused-ring (bicyclic) bond motifs is 1. The molecule has 0 spiro atoms. The van der Waals surface area contributed by atoms with Gasteiger partial charge >= 0.3 is 0 Å². The van der Waals surface area contributed by atoms with E-state index in [0.29, 0.717) is 27.2 Å². The summed E-state index contributed by atoms with van der Waals surface area (Å²) < 4.78 is 28.6. The third-order valence-electron chi connectivity index (χ3n) is 3.88. The van der Waals surface area contributed by atoms with Crippen LogP contribution in [0.3, 0.4) is 0 Å². The number of amidine groups is 1. The Morgan fingerprint density at radius 1 is 1.03 bits per heavy atom. The molecule has 0 fully saturated rings. The van der Waals surface area contributed by atoms with Gasteiger partial charge in [0.2, 0.25) is 11.0 Å². The van der Waals surface area contributed by atoms with Crippen LogP contribution in [0.1, 0.15) is 12.0 Å². The molecule has 0 bridgehead atoms. The zero-order valence-corrected chi connectivity index (χ0v) is 17.4. The van der Waals surface area contributed by atoms with Crippen LogP contribution in [0.25, 0.3) is 0 Å². The molecule has 1 amide bonds. The maximum Gasteiger partial charge on any atom is 0.285 e. The Kier molecular flexibility index (Phi) is 5.60. The average Bonchev–Trinajstić information content (AvgIpc) is 3.25. The molecule has 0 atom stereocenters. The summed E-state index contributed by atoms with van der Waals surface area (Å²) in [7, 11) is -3.69. The number of nitrogens with one attached hydrogen (secondary N) is 2. The molecular formula is C18H15N5O3S3. The van der Waals surface area contributed by atoms with E-state index >= 15 is 0 Å². The number of nitrogens with zero attached hydrogens (tertiary/aromatic N) is 3.